The highest BCUT2D eigenvalue weighted by Crippen LogP contribution is 2.31. The molecular weight excluding hydrogens is 374 g/mol. The van der Waals surface area contributed by atoms with E-state index >= 15 is 0 Å². The second-order valence-corrected chi connectivity index (χ2v) is 7.13. The highest BCUT2D eigenvalue weighted by atomic mass is 79.9. The number of hydrogen-bond acceptors (Lipinski definition) is 1. The van der Waals surface area contributed by atoms with E-state index in [1.807, 2.05) is 29.0 Å². The summed E-state index contributed by atoms with van der Waals surface area (Å²) in [6, 6.07) is 20.9. The first-order valence-corrected chi connectivity index (χ1v) is 9.63. The molecule has 2 aromatic carbocycles. The molecule has 2 nitrogen and oxygen atoms in total. The third-order valence-electron chi connectivity index (χ3n) is 4.45. The Morgan fingerprint density at radius 3 is 2.44 bits per heavy atom. The lowest BCUT2D eigenvalue weighted by molar-refractivity contribution is 0.0969. The van der Waals surface area contributed by atoms with Gasteiger partial charge in [-0.05, 0) is 43.0 Å². The van der Waals surface area contributed by atoms with Crippen molar-refractivity contribution in [3.63, 3.8) is 0 Å². The molecule has 0 spiro atoms. The van der Waals surface area contributed by atoms with Gasteiger partial charge >= 0.3 is 0 Å². The molecule has 0 aliphatic heterocycles. The van der Waals surface area contributed by atoms with E-state index in [9.17, 15) is 0 Å². The van der Waals surface area contributed by atoms with Crippen molar-refractivity contribution in [3.05, 3.63) is 82.0 Å². The fourth-order valence-corrected chi connectivity index (χ4v) is 3.48. The second kappa shape index (κ2) is 8.39. The SMILES string of the molecule is CCCCc1cc(-c2ccccc2Br)n(OCc2ccccc2)c1C. The first-order chi connectivity index (χ1) is 12.2. The fraction of sp³-hybridized carbons (Fsp3) is 0.273. The number of unbranched alkanes of at least 4 members (excludes halogenated alkanes) is 1. The Hall–Kier alpha value is -2.00. The lowest BCUT2D eigenvalue weighted by atomic mass is 10.1. The predicted octanol–water partition coefficient (Wildman–Crippen LogP) is 6.20. The number of benzene rings is 2. The summed E-state index contributed by atoms with van der Waals surface area (Å²) in [6.45, 7) is 4.93. The molecule has 0 fully saturated rings. The second-order valence-electron chi connectivity index (χ2n) is 6.28. The van der Waals surface area contributed by atoms with Gasteiger partial charge in [0.25, 0.3) is 0 Å². The smallest absolute Gasteiger partial charge is 0.140 e. The van der Waals surface area contributed by atoms with Crippen LogP contribution >= 0.6 is 15.9 Å². The molecular formula is C22H24BrNO. The molecule has 3 heteroatoms. The molecule has 130 valence electrons. The first kappa shape index (κ1) is 17.8. The minimum Gasteiger partial charge on any atom is -0.409 e. The number of halogens is 1. The molecule has 1 aromatic heterocycles. The van der Waals surface area contributed by atoms with Crippen LogP contribution in [0.15, 0.2) is 65.1 Å². The van der Waals surface area contributed by atoms with Crippen LogP contribution in [0, 0.1) is 6.92 Å². The van der Waals surface area contributed by atoms with Crippen LogP contribution < -0.4 is 4.84 Å². The van der Waals surface area contributed by atoms with Gasteiger partial charge in [0, 0.05) is 10.0 Å². The van der Waals surface area contributed by atoms with Crippen LogP contribution in [0.5, 0.6) is 0 Å². The number of rotatable bonds is 7. The Balaban J connectivity index is 1.96. The molecule has 0 unspecified atom stereocenters. The Kier molecular flexibility index (Phi) is 5.98. The van der Waals surface area contributed by atoms with Crippen LogP contribution in [-0.4, -0.2) is 4.73 Å². The highest BCUT2D eigenvalue weighted by Gasteiger charge is 2.16. The van der Waals surface area contributed by atoms with E-state index in [0.717, 1.165) is 22.2 Å². The molecule has 0 saturated carbocycles. The normalized spacial score (nSPS) is 10.8. The molecule has 1 heterocycles. The van der Waals surface area contributed by atoms with E-state index in [0.29, 0.717) is 6.61 Å². The maximum absolute atomic E-state index is 6.22. The van der Waals surface area contributed by atoms with Gasteiger partial charge in [-0.25, -0.2) is 0 Å². The van der Waals surface area contributed by atoms with E-state index < -0.39 is 0 Å². The van der Waals surface area contributed by atoms with Gasteiger partial charge in [-0.15, -0.1) is 0 Å². The number of aromatic nitrogens is 1. The molecule has 3 rings (SSSR count). The summed E-state index contributed by atoms with van der Waals surface area (Å²) in [5.74, 6) is 0. The maximum atomic E-state index is 6.22. The van der Waals surface area contributed by atoms with E-state index in [1.54, 1.807) is 0 Å². The molecule has 0 radical (unpaired) electrons. The van der Waals surface area contributed by atoms with Crippen molar-refractivity contribution >= 4 is 15.9 Å². The van der Waals surface area contributed by atoms with Gasteiger partial charge in [-0.3, -0.25) is 0 Å². The van der Waals surface area contributed by atoms with Crippen LogP contribution in [0.3, 0.4) is 0 Å². The average molecular weight is 398 g/mol. The first-order valence-electron chi connectivity index (χ1n) is 8.84. The lowest BCUT2D eigenvalue weighted by Gasteiger charge is -2.14. The summed E-state index contributed by atoms with van der Waals surface area (Å²) in [4.78, 5) is 6.22. The van der Waals surface area contributed by atoms with Gasteiger partial charge < -0.3 is 4.84 Å². The third kappa shape index (κ3) is 4.16. The number of nitrogens with zero attached hydrogens (tertiary/aromatic N) is 1. The summed E-state index contributed by atoms with van der Waals surface area (Å²) in [5, 5.41) is 0. The highest BCUT2D eigenvalue weighted by molar-refractivity contribution is 9.10. The van der Waals surface area contributed by atoms with E-state index in [-0.39, 0.29) is 0 Å². The predicted molar refractivity (Wildman–Crippen MR) is 108 cm³/mol. The van der Waals surface area contributed by atoms with Crippen LogP contribution in [0.1, 0.15) is 36.6 Å². The Morgan fingerprint density at radius 1 is 1.00 bits per heavy atom. The summed E-state index contributed by atoms with van der Waals surface area (Å²) < 4.78 is 3.08. The minimum absolute atomic E-state index is 0.557. The summed E-state index contributed by atoms with van der Waals surface area (Å²) >= 11 is 3.68. The molecule has 0 aliphatic carbocycles. The molecule has 25 heavy (non-hydrogen) atoms. The molecule has 0 N–H and O–H groups in total. The van der Waals surface area contributed by atoms with Gasteiger partial charge in [-0.1, -0.05) is 77.8 Å². The minimum atomic E-state index is 0.557. The average Bonchev–Trinajstić information content (AvgIpc) is 2.95. The summed E-state index contributed by atoms with van der Waals surface area (Å²) in [5.41, 5.74) is 5.98. The quantitative estimate of drug-likeness (QED) is 0.462. The standard InChI is InChI=1S/C22H24BrNO/c1-3-4-12-19-15-22(20-13-8-9-14-21(20)23)24(17(19)2)25-16-18-10-6-5-7-11-18/h5-11,13-15H,3-4,12,16H2,1-2H3. The molecule has 0 saturated heterocycles. The molecule has 0 amide bonds. The molecule has 0 bridgehead atoms. The van der Waals surface area contributed by atoms with Crippen LogP contribution in [-0.2, 0) is 13.0 Å². The zero-order chi connectivity index (χ0) is 17.6. The Bertz CT molecular complexity index is 823. The van der Waals surface area contributed by atoms with Crippen molar-refractivity contribution in [2.24, 2.45) is 0 Å². The van der Waals surface area contributed by atoms with E-state index in [1.165, 1.54) is 29.7 Å². The fourth-order valence-electron chi connectivity index (χ4n) is 3.00. The Labute approximate surface area is 158 Å². The van der Waals surface area contributed by atoms with Crippen molar-refractivity contribution in [1.29, 1.82) is 0 Å². The third-order valence-corrected chi connectivity index (χ3v) is 5.14. The zero-order valence-corrected chi connectivity index (χ0v) is 16.4. The van der Waals surface area contributed by atoms with Crippen LogP contribution in [0.25, 0.3) is 11.3 Å². The van der Waals surface area contributed by atoms with Gasteiger partial charge in [0.05, 0.1) is 11.4 Å². The van der Waals surface area contributed by atoms with Crippen molar-refractivity contribution < 1.29 is 4.84 Å². The number of hydrogen-bond donors (Lipinski definition) is 0. The van der Waals surface area contributed by atoms with E-state index in [4.69, 9.17) is 4.84 Å². The van der Waals surface area contributed by atoms with Crippen molar-refractivity contribution in [1.82, 2.24) is 4.73 Å². The maximum Gasteiger partial charge on any atom is 0.140 e. The molecule has 0 atom stereocenters. The molecule has 0 aliphatic rings. The van der Waals surface area contributed by atoms with Gasteiger partial charge in [0.15, 0.2) is 0 Å². The van der Waals surface area contributed by atoms with Gasteiger partial charge in [0.2, 0.25) is 0 Å². The van der Waals surface area contributed by atoms with Crippen molar-refractivity contribution in [2.45, 2.75) is 39.7 Å². The van der Waals surface area contributed by atoms with Crippen molar-refractivity contribution in [3.8, 4) is 11.3 Å². The van der Waals surface area contributed by atoms with Gasteiger partial charge in [-0.2, -0.15) is 4.73 Å². The van der Waals surface area contributed by atoms with E-state index in [2.05, 4.69) is 66.2 Å². The monoisotopic (exact) mass is 397 g/mol. The topological polar surface area (TPSA) is 14.2 Å². The molecule has 3 aromatic rings. The lowest BCUT2D eigenvalue weighted by Crippen LogP contribution is -2.14. The van der Waals surface area contributed by atoms with Crippen LogP contribution in [0.2, 0.25) is 0 Å². The number of aryl methyl sites for hydroxylation is 1. The largest absolute Gasteiger partial charge is 0.409 e. The zero-order valence-electron chi connectivity index (χ0n) is 14.8. The van der Waals surface area contributed by atoms with Crippen molar-refractivity contribution in [2.75, 3.05) is 0 Å². The Morgan fingerprint density at radius 2 is 1.72 bits per heavy atom. The van der Waals surface area contributed by atoms with Crippen LogP contribution in [0.4, 0.5) is 0 Å². The summed E-state index contributed by atoms with van der Waals surface area (Å²) in [7, 11) is 0. The van der Waals surface area contributed by atoms with Gasteiger partial charge in [0.1, 0.15) is 6.61 Å². The summed E-state index contributed by atoms with van der Waals surface area (Å²) in [6.07, 6.45) is 3.47.